The summed E-state index contributed by atoms with van der Waals surface area (Å²) in [6.07, 6.45) is 2.40. The number of oxazole rings is 1. The lowest BCUT2D eigenvalue weighted by atomic mass is 9.91. The number of amides is 1. The maximum absolute atomic E-state index is 12.8. The summed E-state index contributed by atoms with van der Waals surface area (Å²) in [5.74, 6) is 1.64. The maximum atomic E-state index is 12.8. The monoisotopic (exact) mass is 392 g/mol. The molecule has 29 heavy (non-hydrogen) atoms. The SMILES string of the molecule is COc1ccccc1-c1ccc2oc([C@H]3CCCN3C(=O)CC(C)(C)C)nc2c1. The Morgan fingerprint density at radius 1 is 1.24 bits per heavy atom. The van der Waals surface area contributed by atoms with Crippen LogP contribution in [-0.2, 0) is 4.79 Å². The van der Waals surface area contributed by atoms with Crippen LogP contribution in [0, 0.1) is 5.41 Å². The molecule has 0 bridgehead atoms. The van der Waals surface area contributed by atoms with Crippen LogP contribution in [-0.4, -0.2) is 29.4 Å². The standard InChI is InChI=1S/C24H28N2O3/c1-24(2,3)15-22(27)26-13-7-9-19(26)23-25-18-14-16(11-12-21(18)29-23)17-8-5-6-10-20(17)28-4/h5-6,8,10-12,14,19H,7,9,13,15H2,1-4H3/t19-/m1/s1. The van der Waals surface area contributed by atoms with E-state index in [0.717, 1.165) is 47.4 Å². The fourth-order valence-electron chi connectivity index (χ4n) is 4.02. The van der Waals surface area contributed by atoms with Crippen LogP contribution in [0.2, 0.25) is 0 Å². The molecule has 0 spiro atoms. The molecule has 1 aliphatic rings. The van der Waals surface area contributed by atoms with Crippen molar-refractivity contribution < 1.29 is 13.9 Å². The number of para-hydroxylation sites is 1. The Morgan fingerprint density at radius 2 is 2.03 bits per heavy atom. The number of likely N-dealkylation sites (tertiary alicyclic amines) is 1. The third-order valence-corrected chi connectivity index (χ3v) is 5.36. The lowest BCUT2D eigenvalue weighted by Gasteiger charge is -2.26. The van der Waals surface area contributed by atoms with E-state index in [1.54, 1.807) is 7.11 Å². The van der Waals surface area contributed by atoms with Crippen LogP contribution in [0.3, 0.4) is 0 Å². The van der Waals surface area contributed by atoms with Crippen LogP contribution in [0.4, 0.5) is 0 Å². The van der Waals surface area contributed by atoms with Crippen molar-refractivity contribution in [1.29, 1.82) is 0 Å². The van der Waals surface area contributed by atoms with Gasteiger partial charge in [-0.1, -0.05) is 45.0 Å². The molecule has 5 nitrogen and oxygen atoms in total. The van der Waals surface area contributed by atoms with Gasteiger partial charge in [0.1, 0.15) is 17.3 Å². The molecule has 1 amide bonds. The Labute approximate surface area is 171 Å². The van der Waals surface area contributed by atoms with Gasteiger partial charge in [-0.3, -0.25) is 4.79 Å². The summed E-state index contributed by atoms with van der Waals surface area (Å²) < 4.78 is 11.6. The summed E-state index contributed by atoms with van der Waals surface area (Å²) in [7, 11) is 1.68. The summed E-state index contributed by atoms with van der Waals surface area (Å²) in [6, 6.07) is 13.8. The van der Waals surface area contributed by atoms with Gasteiger partial charge in [-0.05, 0) is 42.0 Å². The zero-order chi connectivity index (χ0) is 20.6. The van der Waals surface area contributed by atoms with Crippen LogP contribution >= 0.6 is 0 Å². The molecule has 2 aromatic carbocycles. The Bertz CT molecular complexity index is 1030. The van der Waals surface area contributed by atoms with Gasteiger partial charge in [0.2, 0.25) is 11.8 Å². The smallest absolute Gasteiger partial charge is 0.223 e. The van der Waals surface area contributed by atoms with E-state index in [2.05, 4.69) is 20.8 Å². The first-order chi connectivity index (χ1) is 13.9. The average molecular weight is 392 g/mol. The number of fused-ring (bicyclic) bond motifs is 1. The highest BCUT2D eigenvalue weighted by atomic mass is 16.5. The Hall–Kier alpha value is -2.82. The van der Waals surface area contributed by atoms with Crippen LogP contribution < -0.4 is 4.74 Å². The molecule has 1 aromatic heterocycles. The van der Waals surface area contributed by atoms with Crippen molar-refractivity contribution in [2.24, 2.45) is 5.41 Å². The first kappa shape index (κ1) is 19.5. The van der Waals surface area contributed by atoms with Gasteiger partial charge in [0.15, 0.2) is 5.58 Å². The van der Waals surface area contributed by atoms with Gasteiger partial charge < -0.3 is 14.1 Å². The number of ether oxygens (including phenoxy) is 1. The Morgan fingerprint density at radius 3 is 2.79 bits per heavy atom. The third-order valence-electron chi connectivity index (χ3n) is 5.36. The zero-order valence-electron chi connectivity index (χ0n) is 17.6. The van der Waals surface area contributed by atoms with E-state index in [-0.39, 0.29) is 17.4 Å². The molecule has 3 aromatic rings. The van der Waals surface area contributed by atoms with Gasteiger partial charge in [0.25, 0.3) is 0 Å². The number of hydrogen-bond donors (Lipinski definition) is 0. The molecule has 0 aliphatic carbocycles. The minimum Gasteiger partial charge on any atom is -0.496 e. The summed E-state index contributed by atoms with van der Waals surface area (Å²) in [4.78, 5) is 19.5. The van der Waals surface area contributed by atoms with Gasteiger partial charge >= 0.3 is 0 Å². The largest absolute Gasteiger partial charge is 0.496 e. The average Bonchev–Trinajstić information content (AvgIpc) is 3.32. The van der Waals surface area contributed by atoms with E-state index in [1.807, 2.05) is 47.4 Å². The molecule has 4 rings (SSSR count). The predicted molar refractivity (Wildman–Crippen MR) is 114 cm³/mol. The number of aromatic nitrogens is 1. The third kappa shape index (κ3) is 4.00. The van der Waals surface area contributed by atoms with Crippen molar-refractivity contribution in [1.82, 2.24) is 9.88 Å². The van der Waals surface area contributed by atoms with Crippen molar-refractivity contribution in [2.45, 2.75) is 46.1 Å². The normalized spacial score (nSPS) is 17.1. The Kier molecular flexibility index (Phi) is 5.07. The van der Waals surface area contributed by atoms with Crippen molar-refractivity contribution in [3.05, 3.63) is 48.4 Å². The van der Waals surface area contributed by atoms with Crippen LogP contribution in [0.1, 0.15) is 52.0 Å². The van der Waals surface area contributed by atoms with Gasteiger partial charge in [0, 0.05) is 18.5 Å². The Balaban J connectivity index is 1.65. The van der Waals surface area contributed by atoms with E-state index >= 15 is 0 Å². The quantitative estimate of drug-likeness (QED) is 0.580. The summed E-state index contributed by atoms with van der Waals surface area (Å²) in [5, 5.41) is 0. The molecule has 5 heteroatoms. The molecule has 1 aliphatic heterocycles. The second kappa shape index (κ2) is 7.54. The molecule has 1 fully saturated rings. The molecule has 0 radical (unpaired) electrons. The molecular formula is C24H28N2O3. The molecule has 0 N–H and O–H groups in total. The highest BCUT2D eigenvalue weighted by Gasteiger charge is 2.34. The topological polar surface area (TPSA) is 55.6 Å². The highest BCUT2D eigenvalue weighted by Crippen LogP contribution is 2.37. The van der Waals surface area contributed by atoms with Crippen molar-refractivity contribution in [3.63, 3.8) is 0 Å². The maximum Gasteiger partial charge on any atom is 0.223 e. The number of benzene rings is 2. The van der Waals surface area contributed by atoms with Gasteiger partial charge in [-0.25, -0.2) is 4.98 Å². The minimum absolute atomic E-state index is 0.0326. The van der Waals surface area contributed by atoms with Gasteiger partial charge in [0.05, 0.1) is 7.11 Å². The molecule has 1 atom stereocenters. The lowest BCUT2D eigenvalue weighted by Crippen LogP contribution is -2.33. The summed E-state index contributed by atoms with van der Waals surface area (Å²) in [5.41, 5.74) is 3.56. The number of rotatable bonds is 4. The predicted octanol–water partition coefficient (Wildman–Crippen LogP) is 5.60. The van der Waals surface area contributed by atoms with E-state index < -0.39 is 0 Å². The molecule has 0 unspecified atom stereocenters. The second-order valence-electron chi connectivity index (χ2n) is 8.92. The van der Waals surface area contributed by atoms with E-state index in [4.69, 9.17) is 14.1 Å². The molecular weight excluding hydrogens is 364 g/mol. The minimum atomic E-state index is -0.0769. The zero-order valence-corrected chi connectivity index (χ0v) is 17.6. The van der Waals surface area contributed by atoms with E-state index in [0.29, 0.717) is 12.3 Å². The molecule has 2 heterocycles. The molecule has 1 saturated heterocycles. The number of hydrogen-bond acceptors (Lipinski definition) is 4. The summed E-state index contributed by atoms with van der Waals surface area (Å²) in [6.45, 7) is 7.04. The van der Waals surface area contributed by atoms with Crippen LogP contribution in [0.15, 0.2) is 46.9 Å². The molecule has 152 valence electrons. The number of nitrogens with zero attached hydrogens (tertiary/aromatic N) is 2. The first-order valence-electron chi connectivity index (χ1n) is 10.2. The van der Waals surface area contributed by atoms with Gasteiger partial charge in [-0.15, -0.1) is 0 Å². The van der Waals surface area contributed by atoms with Crippen LogP contribution in [0.25, 0.3) is 22.2 Å². The van der Waals surface area contributed by atoms with E-state index in [1.165, 1.54) is 0 Å². The van der Waals surface area contributed by atoms with Crippen molar-refractivity contribution >= 4 is 17.0 Å². The fraction of sp³-hybridized carbons (Fsp3) is 0.417. The lowest BCUT2D eigenvalue weighted by molar-refractivity contribution is -0.134. The fourth-order valence-corrected chi connectivity index (χ4v) is 4.02. The molecule has 0 saturated carbocycles. The summed E-state index contributed by atoms with van der Waals surface area (Å²) >= 11 is 0. The first-order valence-corrected chi connectivity index (χ1v) is 10.2. The highest BCUT2D eigenvalue weighted by molar-refractivity contribution is 5.82. The van der Waals surface area contributed by atoms with E-state index in [9.17, 15) is 4.79 Å². The van der Waals surface area contributed by atoms with Crippen molar-refractivity contribution in [2.75, 3.05) is 13.7 Å². The number of methoxy groups -OCH3 is 1. The number of carbonyl (C=O) groups excluding carboxylic acids is 1. The van der Waals surface area contributed by atoms with Gasteiger partial charge in [-0.2, -0.15) is 0 Å². The van der Waals surface area contributed by atoms with Crippen LogP contribution in [0.5, 0.6) is 5.75 Å². The number of carbonyl (C=O) groups is 1. The second-order valence-corrected chi connectivity index (χ2v) is 8.92. The van der Waals surface area contributed by atoms with Crippen molar-refractivity contribution in [3.8, 4) is 16.9 Å².